The number of nitrogens with zero attached hydrogens (tertiary/aromatic N) is 2. The second kappa shape index (κ2) is 7.92. The SMILES string of the molecule is O=C1c2cccnc2C(=O)N1Cc1ccc(F)cc1S(=O)(=O)Nc1cc(Cl)cc(Cl)c1. The van der Waals surface area contributed by atoms with Crippen LogP contribution >= 0.6 is 23.2 Å². The number of sulfonamides is 1. The molecule has 0 spiro atoms. The molecule has 0 saturated heterocycles. The van der Waals surface area contributed by atoms with Gasteiger partial charge in [-0.2, -0.15) is 0 Å². The third-order valence-corrected chi connectivity index (χ3v) is 6.39. The van der Waals surface area contributed by atoms with Crippen LogP contribution in [0.5, 0.6) is 0 Å². The van der Waals surface area contributed by atoms with Crippen molar-refractivity contribution >= 4 is 50.7 Å². The van der Waals surface area contributed by atoms with Crippen molar-refractivity contribution in [1.82, 2.24) is 9.88 Å². The molecule has 2 aromatic carbocycles. The number of aromatic nitrogens is 1. The van der Waals surface area contributed by atoms with Crippen LogP contribution < -0.4 is 4.72 Å². The summed E-state index contributed by atoms with van der Waals surface area (Å²) in [4.78, 5) is 29.5. The summed E-state index contributed by atoms with van der Waals surface area (Å²) in [6, 6.07) is 10.1. The second-order valence-electron chi connectivity index (χ2n) is 6.61. The molecule has 1 N–H and O–H groups in total. The standard InChI is InChI=1S/C20H12Cl2FN3O4S/c21-12-6-13(22)8-15(7-12)25-31(29,30)17-9-14(23)4-3-11(17)10-26-19(27)16-2-1-5-24-18(16)20(26)28/h1-9,25H,10H2. The van der Waals surface area contributed by atoms with E-state index < -0.39 is 32.6 Å². The number of nitrogens with one attached hydrogen (secondary N) is 1. The molecular weight excluding hydrogens is 468 g/mol. The summed E-state index contributed by atoms with van der Waals surface area (Å²) < 4.78 is 42.2. The zero-order valence-electron chi connectivity index (χ0n) is 15.5. The molecule has 1 aliphatic heterocycles. The molecule has 0 radical (unpaired) electrons. The number of pyridine rings is 1. The molecule has 7 nitrogen and oxygen atoms in total. The minimum atomic E-state index is -4.32. The Kier molecular flexibility index (Phi) is 5.42. The van der Waals surface area contributed by atoms with E-state index in [9.17, 15) is 22.4 Å². The zero-order valence-corrected chi connectivity index (χ0v) is 17.8. The predicted octanol–water partition coefficient (Wildman–Crippen LogP) is 4.12. The topological polar surface area (TPSA) is 96.4 Å². The van der Waals surface area contributed by atoms with E-state index in [0.29, 0.717) is 0 Å². The molecule has 0 saturated carbocycles. The summed E-state index contributed by atoms with van der Waals surface area (Å²) in [6.07, 6.45) is 1.38. The molecule has 1 aliphatic rings. The number of anilines is 1. The van der Waals surface area contributed by atoms with Crippen LogP contribution in [0.25, 0.3) is 0 Å². The summed E-state index contributed by atoms with van der Waals surface area (Å²) in [7, 11) is -4.32. The van der Waals surface area contributed by atoms with Gasteiger partial charge in [0.1, 0.15) is 11.5 Å². The van der Waals surface area contributed by atoms with Crippen molar-refractivity contribution < 1.29 is 22.4 Å². The first-order chi connectivity index (χ1) is 14.7. The van der Waals surface area contributed by atoms with Gasteiger partial charge in [-0.15, -0.1) is 0 Å². The molecule has 2 amide bonds. The summed E-state index contributed by atoms with van der Waals surface area (Å²) in [5.41, 5.74) is 0.200. The maximum Gasteiger partial charge on any atom is 0.280 e. The molecule has 0 unspecified atom stereocenters. The third kappa shape index (κ3) is 4.12. The summed E-state index contributed by atoms with van der Waals surface area (Å²) in [5, 5.41) is 0.395. The summed E-state index contributed by atoms with van der Waals surface area (Å²) in [6.45, 7) is -0.388. The highest BCUT2D eigenvalue weighted by Crippen LogP contribution is 2.28. The number of carbonyl (C=O) groups excluding carboxylic acids is 2. The number of halogens is 3. The number of rotatable bonds is 5. The first kappa shape index (κ1) is 21.2. The minimum absolute atomic E-state index is 0.0225. The van der Waals surface area contributed by atoms with E-state index >= 15 is 0 Å². The molecule has 158 valence electrons. The van der Waals surface area contributed by atoms with Crippen LogP contribution in [-0.4, -0.2) is 30.1 Å². The van der Waals surface area contributed by atoms with Gasteiger partial charge in [0.15, 0.2) is 0 Å². The Hall–Kier alpha value is -3.01. The molecule has 0 aliphatic carbocycles. The predicted molar refractivity (Wildman–Crippen MR) is 112 cm³/mol. The molecule has 11 heteroatoms. The monoisotopic (exact) mass is 479 g/mol. The lowest BCUT2D eigenvalue weighted by atomic mass is 10.2. The number of hydrogen-bond acceptors (Lipinski definition) is 5. The van der Waals surface area contributed by atoms with E-state index in [2.05, 4.69) is 9.71 Å². The number of carbonyl (C=O) groups is 2. The Morgan fingerprint density at radius 1 is 1.00 bits per heavy atom. The van der Waals surface area contributed by atoms with E-state index in [1.807, 2.05) is 0 Å². The van der Waals surface area contributed by atoms with Gasteiger partial charge < -0.3 is 0 Å². The molecule has 31 heavy (non-hydrogen) atoms. The zero-order chi connectivity index (χ0) is 22.3. The third-order valence-electron chi connectivity index (χ3n) is 4.49. The smallest absolute Gasteiger partial charge is 0.280 e. The maximum atomic E-state index is 13.9. The number of benzene rings is 2. The van der Waals surface area contributed by atoms with E-state index in [1.54, 1.807) is 0 Å². The number of fused-ring (bicyclic) bond motifs is 1. The summed E-state index contributed by atoms with van der Waals surface area (Å²) >= 11 is 11.8. The Balaban J connectivity index is 1.70. The molecule has 0 atom stereocenters. The highest BCUT2D eigenvalue weighted by atomic mass is 35.5. The van der Waals surface area contributed by atoms with Gasteiger partial charge in [0, 0.05) is 16.2 Å². The van der Waals surface area contributed by atoms with Crippen LogP contribution in [0.3, 0.4) is 0 Å². The van der Waals surface area contributed by atoms with Crippen molar-refractivity contribution in [2.75, 3.05) is 4.72 Å². The van der Waals surface area contributed by atoms with Crippen LogP contribution in [-0.2, 0) is 16.6 Å². The van der Waals surface area contributed by atoms with Gasteiger partial charge in [-0.1, -0.05) is 29.3 Å². The Bertz CT molecular complexity index is 1290. The second-order valence-corrected chi connectivity index (χ2v) is 9.14. The van der Waals surface area contributed by atoms with Crippen molar-refractivity contribution in [3.8, 4) is 0 Å². The molecule has 0 fully saturated rings. The van der Waals surface area contributed by atoms with Crippen molar-refractivity contribution in [2.24, 2.45) is 0 Å². The van der Waals surface area contributed by atoms with Crippen molar-refractivity contribution in [1.29, 1.82) is 0 Å². The van der Waals surface area contributed by atoms with Crippen LogP contribution in [0, 0.1) is 5.82 Å². The highest BCUT2D eigenvalue weighted by molar-refractivity contribution is 7.92. The quantitative estimate of drug-likeness (QED) is 0.555. The highest BCUT2D eigenvalue weighted by Gasteiger charge is 2.37. The minimum Gasteiger partial charge on any atom is -0.280 e. The molecule has 4 rings (SSSR count). The van der Waals surface area contributed by atoms with Gasteiger partial charge in [0.2, 0.25) is 0 Å². The lowest BCUT2D eigenvalue weighted by molar-refractivity contribution is 0.0639. The lowest BCUT2D eigenvalue weighted by Gasteiger charge is -2.17. The first-order valence-electron chi connectivity index (χ1n) is 8.74. The Morgan fingerprint density at radius 2 is 1.71 bits per heavy atom. The number of imide groups is 1. The average molecular weight is 480 g/mol. The van der Waals surface area contributed by atoms with Gasteiger partial charge in [0.25, 0.3) is 21.8 Å². The van der Waals surface area contributed by atoms with Crippen molar-refractivity contribution in [2.45, 2.75) is 11.4 Å². The average Bonchev–Trinajstić information content (AvgIpc) is 2.93. The molecule has 2 heterocycles. The van der Waals surface area contributed by atoms with Gasteiger partial charge in [0.05, 0.1) is 22.7 Å². The maximum absolute atomic E-state index is 13.9. The fraction of sp³-hybridized carbons (Fsp3) is 0.0500. The van der Waals surface area contributed by atoms with E-state index in [4.69, 9.17) is 23.2 Å². The lowest BCUT2D eigenvalue weighted by Crippen LogP contribution is -2.30. The van der Waals surface area contributed by atoms with Crippen LogP contribution in [0.2, 0.25) is 10.0 Å². The fourth-order valence-electron chi connectivity index (χ4n) is 3.16. The molecule has 1 aromatic heterocycles. The van der Waals surface area contributed by atoms with E-state index in [-0.39, 0.29) is 39.1 Å². The van der Waals surface area contributed by atoms with Crippen molar-refractivity contribution in [3.05, 3.63) is 87.4 Å². The number of hydrogen-bond donors (Lipinski definition) is 1. The molecular formula is C20H12Cl2FN3O4S. The molecule has 3 aromatic rings. The van der Waals surface area contributed by atoms with Crippen LogP contribution in [0.15, 0.2) is 59.6 Å². The van der Waals surface area contributed by atoms with Gasteiger partial charge in [-0.3, -0.25) is 24.2 Å². The normalized spacial score (nSPS) is 13.5. The Labute approximate surface area is 186 Å². The van der Waals surface area contributed by atoms with Gasteiger partial charge >= 0.3 is 0 Å². The van der Waals surface area contributed by atoms with E-state index in [1.165, 1.54) is 42.6 Å². The first-order valence-corrected chi connectivity index (χ1v) is 11.0. The van der Waals surface area contributed by atoms with Crippen LogP contribution in [0.4, 0.5) is 10.1 Å². The largest absolute Gasteiger partial charge is 0.280 e. The molecule has 0 bridgehead atoms. The van der Waals surface area contributed by atoms with E-state index in [0.717, 1.165) is 17.0 Å². The van der Waals surface area contributed by atoms with Crippen LogP contribution in [0.1, 0.15) is 26.4 Å². The fourth-order valence-corrected chi connectivity index (χ4v) is 4.97. The van der Waals surface area contributed by atoms with Gasteiger partial charge in [-0.05, 0) is 48.0 Å². The van der Waals surface area contributed by atoms with Gasteiger partial charge in [-0.25, -0.2) is 12.8 Å². The Morgan fingerprint density at radius 3 is 2.39 bits per heavy atom. The van der Waals surface area contributed by atoms with Crippen molar-refractivity contribution in [3.63, 3.8) is 0 Å². The number of amides is 2. The summed E-state index contributed by atoms with van der Waals surface area (Å²) in [5.74, 6) is -2.09.